The minimum Gasteiger partial charge on any atom is -0.488 e. The van der Waals surface area contributed by atoms with E-state index in [1.54, 1.807) is 24.3 Å². The molecule has 10 heteroatoms. The monoisotopic (exact) mass is 559 g/mol. The average molecular weight is 560 g/mol. The van der Waals surface area contributed by atoms with Crippen molar-refractivity contribution in [3.8, 4) is 5.75 Å². The average Bonchev–Trinajstić information content (AvgIpc) is 3.27. The van der Waals surface area contributed by atoms with Crippen LogP contribution in [0.15, 0.2) is 36.4 Å². The number of nitrogens with one attached hydrogen (secondary N) is 1. The van der Waals surface area contributed by atoms with Crippen molar-refractivity contribution in [1.82, 2.24) is 15.1 Å². The summed E-state index contributed by atoms with van der Waals surface area (Å²) in [4.78, 5) is 38.9. The number of amides is 1. The van der Waals surface area contributed by atoms with Crippen LogP contribution in [0.3, 0.4) is 0 Å². The second-order valence-corrected chi connectivity index (χ2v) is 9.83. The van der Waals surface area contributed by atoms with Gasteiger partial charge in [0.1, 0.15) is 30.7 Å². The molecule has 9 nitrogen and oxygen atoms in total. The Kier molecular flexibility index (Phi) is 13.9. The third-order valence-electron chi connectivity index (χ3n) is 6.49. The third-order valence-corrected chi connectivity index (χ3v) is 6.49. The number of hydrogen-bond donors (Lipinski definition) is 2. The minimum atomic E-state index is -0.673. The lowest BCUT2D eigenvalue weighted by Gasteiger charge is -2.35. The molecule has 2 aliphatic rings. The molecule has 2 aliphatic heterocycles. The Balaban J connectivity index is 0.00000105. The smallest absolute Gasteiger partial charge is 0.255 e. The fourth-order valence-electron chi connectivity index (χ4n) is 4.93. The summed E-state index contributed by atoms with van der Waals surface area (Å²) in [6.07, 6.45) is 2.22. The molecule has 3 atom stereocenters. The summed E-state index contributed by atoms with van der Waals surface area (Å²) in [7, 11) is 4.75. The highest BCUT2D eigenvalue weighted by atomic mass is 19.1. The standard InChI is InChI=1S/C27H31FN2O5.C2H7N.CH4O/c1-18-12-29(13-19(2)35-18)14-20-8-9-25(28)21(11-20)17-34-26-7-3-6-23-24(26)15-30(27(23)33)22(16-32)5-4-10-31;1-3-2;1-2/h3,6-11,16,18-19,22H,4-5,12-15,17H2,1-2H3;3H,1-2H3;2H,1H3. The molecule has 220 valence electrons. The summed E-state index contributed by atoms with van der Waals surface area (Å²) >= 11 is 0. The quantitative estimate of drug-likeness (QED) is 0.428. The fraction of sp³-hybridized carbons (Fsp3) is 0.500. The van der Waals surface area contributed by atoms with Gasteiger partial charge < -0.3 is 34.4 Å². The molecule has 0 saturated carbocycles. The van der Waals surface area contributed by atoms with E-state index in [0.29, 0.717) is 35.3 Å². The van der Waals surface area contributed by atoms with Gasteiger partial charge in [0.05, 0.1) is 24.8 Å². The molecule has 0 radical (unpaired) electrons. The van der Waals surface area contributed by atoms with Crippen molar-refractivity contribution < 1.29 is 33.4 Å². The van der Waals surface area contributed by atoms with Crippen molar-refractivity contribution in [3.63, 3.8) is 0 Å². The van der Waals surface area contributed by atoms with Crippen molar-refractivity contribution >= 4 is 18.5 Å². The summed E-state index contributed by atoms with van der Waals surface area (Å²) in [6.45, 7) is 6.67. The number of ether oxygens (including phenoxy) is 2. The number of carbonyl (C=O) groups excluding carboxylic acids is 3. The molecular formula is C30H42FN3O6. The van der Waals surface area contributed by atoms with E-state index >= 15 is 0 Å². The van der Waals surface area contributed by atoms with Crippen LogP contribution in [0.5, 0.6) is 5.75 Å². The second kappa shape index (κ2) is 16.8. The van der Waals surface area contributed by atoms with E-state index in [9.17, 15) is 18.8 Å². The van der Waals surface area contributed by atoms with Gasteiger partial charge in [-0.3, -0.25) is 9.69 Å². The van der Waals surface area contributed by atoms with Gasteiger partial charge in [0, 0.05) is 49.9 Å². The first kappa shape index (κ1) is 33.0. The molecule has 3 unspecified atom stereocenters. The SMILES string of the molecule is CC1CN(Cc2ccc(F)c(COc3cccc4c3CN(C(C=O)CCC=O)C4=O)c2)CC(C)O1.CNC.CO. The molecule has 1 amide bonds. The third kappa shape index (κ3) is 8.92. The molecular weight excluding hydrogens is 517 g/mol. The number of halogens is 1. The van der Waals surface area contributed by atoms with Gasteiger partial charge in [-0.2, -0.15) is 0 Å². The number of aliphatic hydroxyl groups excluding tert-OH is 1. The van der Waals surface area contributed by atoms with Crippen LogP contribution in [0.1, 0.15) is 53.7 Å². The zero-order chi connectivity index (χ0) is 29.7. The summed E-state index contributed by atoms with van der Waals surface area (Å²) in [5.41, 5.74) is 2.57. The maximum absolute atomic E-state index is 14.6. The highest BCUT2D eigenvalue weighted by Crippen LogP contribution is 2.33. The first-order valence-electron chi connectivity index (χ1n) is 13.4. The van der Waals surface area contributed by atoms with Gasteiger partial charge in [-0.25, -0.2) is 4.39 Å². The van der Waals surface area contributed by atoms with Crippen molar-refractivity contribution in [2.75, 3.05) is 34.3 Å². The molecule has 0 bridgehead atoms. The molecule has 4 rings (SSSR count). The van der Waals surface area contributed by atoms with E-state index in [2.05, 4.69) is 24.1 Å². The number of aldehydes is 2. The van der Waals surface area contributed by atoms with Gasteiger partial charge >= 0.3 is 0 Å². The van der Waals surface area contributed by atoms with Crippen LogP contribution in [0.4, 0.5) is 4.39 Å². The van der Waals surface area contributed by atoms with Gasteiger partial charge in [0.15, 0.2) is 0 Å². The number of morpholine rings is 1. The Morgan fingerprint density at radius 2 is 1.82 bits per heavy atom. The van der Waals surface area contributed by atoms with E-state index in [0.717, 1.165) is 32.0 Å². The molecule has 2 heterocycles. The van der Waals surface area contributed by atoms with Crippen molar-refractivity contribution in [2.24, 2.45) is 0 Å². The first-order chi connectivity index (χ1) is 19.3. The normalized spacial score (nSPS) is 19.0. The zero-order valence-electron chi connectivity index (χ0n) is 24.1. The molecule has 2 aromatic rings. The largest absolute Gasteiger partial charge is 0.488 e. The number of aliphatic hydroxyl groups is 1. The van der Waals surface area contributed by atoms with Crippen LogP contribution in [-0.2, 0) is 34.0 Å². The Morgan fingerprint density at radius 1 is 1.15 bits per heavy atom. The lowest BCUT2D eigenvalue weighted by Crippen LogP contribution is -2.44. The second-order valence-electron chi connectivity index (χ2n) is 9.83. The lowest BCUT2D eigenvalue weighted by atomic mass is 10.1. The summed E-state index contributed by atoms with van der Waals surface area (Å²) in [5, 5.41) is 9.75. The highest BCUT2D eigenvalue weighted by molar-refractivity contribution is 6.00. The van der Waals surface area contributed by atoms with Crippen LogP contribution < -0.4 is 10.1 Å². The highest BCUT2D eigenvalue weighted by Gasteiger charge is 2.34. The molecule has 2 N–H and O–H groups in total. The molecule has 0 aliphatic carbocycles. The first-order valence-corrected chi connectivity index (χ1v) is 13.4. The number of rotatable bonds is 10. The van der Waals surface area contributed by atoms with E-state index in [4.69, 9.17) is 14.6 Å². The zero-order valence-corrected chi connectivity index (χ0v) is 24.1. The number of nitrogens with zero attached hydrogens (tertiary/aromatic N) is 2. The molecule has 2 aromatic carbocycles. The van der Waals surface area contributed by atoms with E-state index in [-0.39, 0.29) is 49.9 Å². The van der Waals surface area contributed by atoms with Crippen molar-refractivity contribution in [3.05, 3.63) is 64.5 Å². The molecule has 1 fully saturated rings. The van der Waals surface area contributed by atoms with E-state index in [1.807, 2.05) is 20.2 Å². The van der Waals surface area contributed by atoms with Gasteiger partial charge in [0.25, 0.3) is 5.91 Å². The Bertz CT molecular complexity index is 1100. The Labute approximate surface area is 236 Å². The maximum Gasteiger partial charge on any atom is 0.255 e. The van der Waals surface area contributed by atoms with E-state index in [1.165, 1.54) is 11.0 Å². The van der Waals surface area contributed by atoms with Gasteiger partial charge in [0.2, 0.25) is 0 Å². The van der Waals surface area contributed by atoms with Gasteiger partial charge in [-0.15, -0.1) is 0 Å². The van der Waals surface area contributed by atoms with Crippen LogP contribution in [0, 0.1) is 5.82 Å². The van der Waals surface area contributed by atoms with Crippen molar-refractivity contribution in [1.29, 1.82) is 0 Å². The molecule has 40 heavy (non-hydrogen) atoms. The van der Waals surface area contributed by atoms with Crippen LogP contribution >= 0.6 is 0 Å². The topological polar surface area (TPSA) is 108 Å². The van der Waals surface area contributed by atoms with Crippen LogP contribution in [-0.4, -0.2) is 85.9 Å². The van der Waals surface area contributed by atoms with Gasteiger partial charge in [-0.1, -0.05) is 12.1 Å². The van der Waals surface area contributed by atoms with Gasteiger partial charge in [-0.05, 0) is 64.2 Å². The predicted molar refractivity (Wildman–Crippen MR) is 151 cm³/mol. The number of carbonyl (C=O) groups is 3. The van der Waals surface area contributed by atoms with Crippen molar-refractivity contribution in [2.45, 2.75) is 64.6 Å². The lowest BCUT2D eigenvalue weighted by molar-refractivity contribution is -0.112. The predicted octanol–water partition coefficient (Wildman–Crippen LogP) is 2.96. The fourth-order valence-corrected chi connectivity index (χ4v) is 4.93. The Morgan fingerprint density at radius 3 is 2.45 bits per heavy atom. The Hall–Kier alpha value is -3.18. The van der Waals surface area contributed by atoms with E-state index < -0.39 is 6.04 Å². The molecule has 1 saturated heterocycles. The van der Waals surface area contributed by atoms with Crippen LogP contribution in [0.2, 0.25) is 0 Å². The number of benzene rings is 2. The molecule has 0 aromatic heterocycles. The summed E-state index contributed by atoms with van der Waals surface area (Å²) in [5.74, 6) is -0.132. The summed E-state index contributed by atoms with van der Waals surface area (Å²) in [6, 6.07) is 9.55. The maximum atomic E-state index is 14.6. The van der Waals surface area contributed by atoms with Crippen LogP contribution in [0.25, 0.3) is 0 Å². The number of hydrogen-bond acceptors (Lipinski definition) is 8. The number of fused-ring (bicyclic) bond motifs is 1. The molecule has 0 spiro atoms. The minimum absolute atomic E-state index is 0.0164. The summed E-state index contributed by atoms with van der Waals surface area (Å²) < 4.78 is 26.4.